The van der Waals surface area contributed by atoms with Crippen molar-refractivity contribution in [3.63, 3.8) is 0 Å². The highest BCUT2D eigenvalue weighted by atomic mass is 35.5. The number of amides is 1. The molecule has 1 amide bonds. The Hall–Kier alpha value is -1.20. The number of nitrogens with zero attached hydrogens (tertiary/aromatic N) is 3. The van der Waals surface area contributed by atoms with E-state index < -0.39 is 0 Å². The zero-order valence-corrected chi connectivity index (χ0v) is 10.7. The minimum atomic E-state index is 0.152. The number of piperidine rings is 1. The number of nitrogens with one attached hydrogen (secondary N) is 1. The zero-order chi connectivity index (χ0) is 12.5. The molecule has 2 saturated heterocycles. The van der Waals surface area contributed by atoms with Gasteiger partial charge in [0, 0.05) is 19.1 Å². The highest BCUT2D eigenvalue weighted by molar-refractivity contribution is 6.29. The topological polar surface area (TPSA) is 58.1 Å². The van der Waals surface area contributed by atoms with Gasteiger partial charge in [-0.25, -0.2) is 4.98 Å². The van der Waals surface area contributed by atoms with Crippen LogP contribution in [-0.2, 0) is 11.3 Å². The van der Waals surface area contributed by atoms with Crippen LogP contribution in [0.4, 0.5) is 0 Å². The minimum absolute atomic E-state index is 0.152. The summed E-state index contributed by atoms with van der Waals surface area (Å²) >= 11 is 5.72. The molecule has 0 saturated carbocycles. The first-order valence-electron chi connectivity index (χ1n) is 6.22. The van der Waals surface area contributed by atoms with E-state index in [0.717, 1.165) is 38.2 Å². The second-order valence-corrected chi connectivity index (χ2v) is 5.25. The van der Waals surface area contributed by atoms with Crippen LogP contribution in [0.25, 0.3) is 0 Å². The molecule has 5 nitrogen and oxygen atoms in total. The van der Waals surface area contributed by atoms with Crippen LogP contribution >= 0.6 is 11.6 Å². The Morgan fingerprint density at radius 2 is 2.33 bits per heavy atom. The van der Waals surface area contributed by atoms with Gasteiger partial charge in [0.1, 0.15) is 5.15 Å². The summed E-state index contributed by atoms with van der Waals surface area (Å²) in [5.74, 6) is 0.353. The van der Waals surface area contributed by atoms with E-state index in [9.17, 15) is 4.79 Å². The van der Waals surface area contributed by atoms with Crippen molar-refractivity contribution in [3.8, 4) is 0 Å². The number of carbonyl (C=O) groups excluding carboxylic acids is 1. The highest BCUT2D eigenvalue weighted by Crippen LogP contribution is 2.28. The smallest absolute Gasteiger partial charge is 0.224 e. The Balaban J connectivity index is 1.72. The van der Waals surface area contributed by atoms with Crippen molar-refractivity contribution in [1.29, 1.82) is 0 Å². The summed E-state index contributed by atoms with van der Waals surface area (Å²) in [4.78, 5) is 22.3. The maximum atomic E-state index is 11.7. The molecule has 0 radical (unpaired) electrons. The third kappa shape index (κ3) is 2.20. The summed E-state index contributed by atoms with van der Waals surface area (Å²) < 4.78 is 0. The average Bonchev–Trinajstić information content (AvgIpc) is 2.76. The molecule has 3 heterocycles. The number of halogens is 1. The maximum absolute atomic E-state index is 11.7. The lowest BCUT2D eigenvalue weighted by Gasteiger charge is -2.35. The standard InChI is InChI=1S/C12H15ClN4O/c13-11-6-14-8(4-15-11)7-17-3-1-2-9-10(17)5-16-12(9)18/h4,6,9-10H,1-3,5,7H2,(H,16,18). The highest BCUT2D eigenvalue weighted by Gasteiger charge is 2.40. The lowest BCUT2D eigenvalue weighted by atomic mass is 9.91. The van der Waals surface area contributed by atoms with Crippen LogP contribution < -0.4 is 5.32 Å². The SMILES string of the molecule is O=C1NCC2C1CCCN2Cc1cnc(Cl)cn1. The lowest BCUT2D eigenvalue weighted by molar-refractivity contribution is -0.124. The molecule has 2 aliphatic rings. The number of hydrogen-bond acceptors (Lipinski definition) is 4. The molecule has 0 bridgehead atoms. The Morgan fingerprint density at radius 1 is 1.44 bits per heavy atom. The minimum Gasteiger partial charge on any atom is -0.354 e. The molecule has 2 fully saturated rings. The van der Waals surface area contributed by atoms with Gasteiger partial charge in [-0.05, 0) is 19.4 Å². The number of fused-ring (bicyclic) bond motifs is 1. The summed E-state index contributed by atoms with van der Waals surface area (Å²) in [7, 11) is 0. The fraction of sp³-hybridized carbons (Fsp3) is 0.583. The number of likely N-dealkylation sites (tertiary alicyclic amines) is 1. The van der Waals surface area contributed by atoms with Gasteiger partial charge in [0.25, 0.3) is 0 Å². The van der Waals surface area contributed by atoms with Crippen molar-refractivity contribution < 1.29 is 4.79 Å². The van der Waals surface area contributed by atoms with E-state index in [4.69, 9.17) is 11.6 Å². The Kier molecular flexibility index (Phi) is 3.18. The van der Waals surface area contributed by atoms with Crippen molar-refractivity contribution in [2.45, 2.75) is 25.4 Å². The molecule has 3 rings (SSSR count). The monoisotopic (exact) mass is 266 g/mol. The van der Waals surface area contributed by atoms with Gasteiger partial charge in [0.2, 0.25) is 5.91 Å². The van der Waals surface area contributed by atoms with Crippen molar-refractivity contribution in [2.24, 2.45) is 5.92 Å². The van der Waals surface area contributed by atoms with E-state index in [1.54, 1.807) is 12.4 Å². The summed E-state index contributed by atoms with van der Waals surface area (Å²) in [6, 6.07) is 0.309. The number of carbonyl (C=O) groups is 1. The van der Waals surface area contributed by atoms with Crippen molar-refractivity contribution in [2.75, 3.05) is 13.1 Å². The average molecular weight is 267 g/mol. The van der Waals surface area contributed by atoms with Gasteiger partial charge in [-0.1, -0.05) is 11.6 Å². The summed E-state index contributed by atoms with van der Waals surface area (Å²) in [6.45, 7) is 2.51. The Labute approximate surface area is 111 Å². The van der Waals surface area contributed by atoms with Crippen LogP contribution in [0.1, 0.15) is 18.5 Å². The number of aromatic nitrogens is 2. The van der Waals surface area contributed by atoms with Gasteiger partial charge in [-0.2, -0.15) is 0 Å². The normalized spacial score (nSPS) is 27.9. The maximum Gasteiger partial charge on any atom is 0.224 e. The molecule has 1 N–H and O–H groups in total. The van der Waals surface area contributed by atoms with Gasteiger partial charge >= 0.3 is 0 Å². The first-order valence-corrected chi connectivity index (χ1v) is 6.60. The summed E-state index contributed by atoms with van der Waals surface area (Å²) in [6.07, 6.45) is 5.33. The lowest BCUT2D eigenvalue weighted by Crippen LogP contribution is -2.45. The first kappa shape index (κ1) is 11.9. The van der Waals surface area contributed by atoms with Crippen molar-refractivity contribution >= 4 is 17.5 Å². The van der Waals surface area contributed by atoms with Gasteiger partial charge in [0.15, 0.2) is 0 Å². The predicted molar refractivity (Wildman–Crippen MR) is 67.0 cm³/mol. The molecule has 1 aromatic heterocycles. The summed E-state index contributed by atoms with van der Waals surface area (Å²) in [5.41, 5.74) is 0.902. The molecule has 2 aliphatic heterocycles. The van der Waals surface area contributed by atoms with E-state index >= 15 is 0 Å². The molecular formula is C12H15ClN4O. The van der Waals surface area contributed by atoms with Crippen LogP contribution in [0, 0.1) is 5.92 Å². The molecule has 0 aliphatic carbocycles. The Bertz CT molecular complexity index is 450. The fourth-order valence-electron chi connectivity index (χ4n) is 2.87. The molecule has 96 valence electrons. The van der Waals surface area contributed by atoms with E-state index in [2.05, 4.69) is 20.2 Å². The largest absolute Gasteiger partial charge is 0.354 e. The molecule has 0 spiro atoms. The fourth-order valence-corrected chi connectivity index (χ4v) is 2.96. The number of hydrogen-bond donors (Lipinski definition) is 1. The van der Waals surface area contributed by atoms with E-state index in [1.165, 1.54) is 0 Å². The first-order chi connectivity index (χ1) is 8.74. The predicted octanol–water partition coefficient (Wildman–Crippen LogP) is 0.840. The molecular weight excluding hydrogens is 252 g/mol. The third-order valence-corrected chi connectivity index (χ3v) is 3.95. The molecule has 0 aromatic carbocycles. The number of rotatable bonds is 2. The van der Waals surface area contributed by atoms with E-state index in [0.29, 0.717) is 11.2 Å². The van der Waals surface area contributed by atoms with Crippen LogP contribution in [-0.4, -0.2) is 39.9 Å². The van der Waals surface area contributed by atoms with Gasteiger partial charge in [-0.15, -0.1) is 0 Å². The zero-order valence-electron chi connectivity index (χ0n) is 9.97. The van der Waals surface area contributed by atoms with Crippen LogP contribution in [0.5, 0.6) is 0 Å². The summed E-state index contributed by atoms with van der Waals surface area (Å²) in [5, 5.41) is 3.36. The van der Waals surface area contributed by atoms with Crippen LogP contribution in [0.15, 0.2) is 12.4 Å². The molecule has 2 unspecified atom stereocenters. The van der Waals surface area contributed by atoms with Crippen molar-refractivity contribution in [1.82, 2.24) is 20.2 Å². The second kappa shape index (κ2) is 4.82. The van der Waals surface area contributed by atoms with Gasteiger partial charge in [0.05, 0.1) is 24.0 Å². The third-order valence-electron chi connectivity index (χ3n) is 3.76. The van der Waals surface area contributed by atoms with Crippen LogP contribution in [0.2, 0.25) is 5.15 Å². The van der Waals surface area contributed by atoms with E-state index in [-0.39, 0.29) is 11.8 Å². The second-order valence-electron chi connectivity index (χ2n) is 4.86. The molecule has 2 atom stereocenters. The molecule has 1 aromatic rings. The van der Waals surface area contributed by atoms with Gasteiger partial charge < -0.3 is 5.32 Å². The van der Waals surface area contributed by atoms with Gasteiger partial charge in [-0.3, -0.25) is 14.7 Å². The van der Waals surface area contributed by atoms with Crippen molar-refractivity contribution in [3.05, 3.63) is 23.2 Å². The molecule has 18 heavy (non-hydrogen) atoms. The Morgan fingerprint density at radius 3 is 3.11 bits per heavy atom. The molecule has 6 heteroatoms. The van der Waals surface area contributed by atoms with Crippen LogP contribution in [0.3, 0.4) is 0 Å². The quantitative estimate of drug-likeness (QED) is 0.862. The van der Waals surface area contributed by atoms with E-state index in [1.807, 2.05) is 0 Å².